The van der Waals surface area contributed by atoms with E-state index in [1.165, 1.54) is 11.6 Å². The third-order valence-electron chi connectivity index (χ3n) is 3.04. The van der Waals surface area contributed by atoms with Crippen LogP contribution < -0.4 is 4.57 Å². The minimum absolute atomic E-state index is 0.177. The fraction of sp³-hybridized carbons (Fsp3) is 0.0625. The molecule has 0 aliphatic heterocycles. The van der Waals surface area contributed by atoms with Crippen molar-refractivity contribution in [2.45, 2.75) is 6.54 Å². The highest BCUT2D eigenvalue weighted by atomic mass is 19.1. The molecule has 1 aromatic heterocycles. The van der Waals surface area contributed by atoms with Gasteiger partial charge >= 0.3 is 0 Å². The number of fused-ring (bicyclic) bond motifs is 1. The van der Waals surface area contributed by atoms with E-state index in [2.05, 4.69) is 0 Å². The van der Waals surface area contributed by atoms with Crippen LogP contribution in [0.25, 0.3) is 10.9 Å². The summed E-state index contributed by atoms with van der Waals surface area (Å²) in [6.07, 6.45) is 1.92. The first-order valence-corrected chi connectivity index (χ1v) is 5.95. The second kappa shape index (κ2) is 4.57. The summed E-state index contributed by atoms with van der Waals surface area (Å²) in [5, 5.41) is 0.924. The molecule has 0 bridgehead atoms. The molecule has 1 heterocycles. The average molecular weight is 238 g/mol. The maximum Gasteiger partial charge on any atom is 0.248 e. The van der Waals surface area contributed by atoms with Crippen molar-refractivity contribution >= 4 is 10.9 Å². The molecule has 88 valence electrons. The molecule has 18 heavy (non-hydrogen) atoms. The fourth-order valence-electron chi connectivity index (χ4n) is 2.21. The second-order valence-electron chi connectivity index (χ2n) is 4.30. The molecule has 2 aromatic carbocycles. The summed E-state index contributed by atoms with van der Waals surface area (Å²) >= 11 is 0. The first-order chi connectivity index (χ1) is 8.84. The number of para-hydroxylation sites is 1. The van der Waals surface area contributed by atoms with E-state index in [1.807, 2.05) is 59.3 Å². The van der Waals surface area contributed by atoms with Gasteiger partial charge in [-0.3, -0.25) is 0 Å². The number of pyridine rings is 1. The van der Waals surface area contributed by atoms with E-state index in [-0.39, 0.29) is 5.82 Å². The van der Waals surface area contributed by atoms with Crippen LogP contribution in [0, 0.1) is 5.82 Å². The molecule has 0 spiro atoms. The van der Waals surface area contributed by atoms with Crippen molar-refractivity contribution in [1.29, 1.82) is 0 Å². The van der Waals surface area contributed by atoms with E-state index in [9.17, 15) is 4.39 Å². The van der Waals surface area contributed by atoms with E-state index in [1.54, 1.807) is 6.07 Å². The quantitative estimate of drug-likeness (QED) is 0.603. The monoisotopic (exact) mass is 238 g/mol. The average Bonchev–Trinajstić information content (AvgIpc) is 2.40. The minimum atomic E-state index is -0.177. The lowest BCUT2D eigenvalue weighted by atomic mass is 10.2. The highest BCUT2D eigenvalue weighted by molar-refractivity contribution is 5.75. The van der Waals surface area contributed by atoms with Gasteiger partial charge < -0.3 is 0 Å². The summed E-state index contributed by atoms with van der Waals surface area (Å²) in [6.45, 7) is 0.680. The van der Waals surface area contributed by atoms with Gasteiger partial charge in [0.1, 0.15) is 0 Å². The van der Waals surface area contributed by atoms with Gasteiger partial charge in [0.05, 0.1) is 0 Å². The van der Waals surface area contributed by atoms with Crippen molar-refractivity contribution in [1.82, 2.24) is 0 Å². The SMILES string of the molecule is Fc1cccc2ccc[n+](Cc3ccccc3)c12. The topological polar surface area (TPSA) is 3.88 Å². The summed E-state index contributed by atoms with van der Waals surface area (Å²) in [4.78, 5) is 0. The molecule has 0 saturated carbocycles. The van der Waals surface area contributed by atoms with Gasteiger partial charge in [0.15, 0.2) is 18.6 Å². The Hall–Kier alpha value is -2.22. The largest absolute Gasteiger partial charge is 0.248 e. The van der Waals surface area contributed by atoms with Gasteiger partial charge in [-0.25, -0.2) is 0 Å². The van der Waals surface area contributed by atoms with Crippen LogP contribution in [0.5, 0.6) is 0 Å². The van der Waals surface area contributed by atoms with Gasteiger partial charge in [-0.1, -0.05) is 36.4 Å². The number of aromatic nitrogens is 1. The standard InChI is InChI=1S/C16H13FN/c17-15-10-4-8-14-9-5-11-18(16(14)15)12-13-6-2-1-3-7-13/h1-11H,12H2/q+1. The van der Waals surface area contributed by atoms with Crippen LogP contribution in [0.2, 0.25) is 0 Å². The third kappa shape index (κ3) is 1.97. The van der Waals surface area contributed by atoms with E-state index in [4.69, 9.17) is 0 Å². The number of hydrogen-bond acceptors (Lipinski definition) is 0. The molecule has 3 rings (SSSR count). The fourth-order valence-corrected chi connectivity index (χ4v) is 2.21. The molecule has 0 fully saturated rings. The maximum atomic E-state index is 13.9. The zero-order valence-electron chi connectivity index (χ0n) is 9.88. The number of benzene rings is 2. The van der Waals surface area contributed by atoms with Gasteiger partial charge in [-0.05, 0) is 18.2 Å². The summed E-state index contributed by atoms with van der Waals surface area (Å²) in [7, 11) is 0. The van der Waals surface area contributed by atoms with Crippen LogP contribution in [-0.2, 0) is 6.54 Å². The Balaban J connectivity index is 2.12. The Morgan fingerprint density at radius 1 is 0.833 bits per heavy atom. The van der Waals surface area contributed by atoms with Gasteiger partial charge in [-0.15, -0.1) is 0 Å². The molecular formula is C16H13FN+. The van der Waals surface area contributed by atoms with Crippen molar-refractivity contribution in [2.24, 2.45) is 0 Å². The van der Waals surface area contributed by atoms with E-state index >= 15 is 0 Å². The minimum Gasteiger partial charge on any atom is -0.200 e. The maximum absolute atomic E-state index is 13.9. The smallest absolute Gasteiger partial charge is 0.200 e. The Kier molecular flexibility index (Phi) is 2.77. The van der Waals surface area contributed by atoms with E-state index in [0.717, 1.165) is 5.39 Å². The van der Waals surface area contributed by atoms with Gasteiger partial charge in [-0.2, -0.15) is 8.96 Å². The highest BCUT2D eigenvalue weighted by Crippen LogP contribution is 2.13. The van der Waals surface area contributed by atoms with Crippen LogP contribution in [0.1, 0.15) is 5.56 Å². The Bertz CT molecular complexity index is 672. The molecule has 0 atom stereocenters. The first kappa shape index (κ1) is 10.9. The summed E-state index contributed by atoms with van der Waals surface area (Å²) in [5.74, 6) is -0.177. The molecular weight excluding hydrogens is 225 g/mol. The predicted molar refractivity (Wildman–Crippen MR) is 69.6 cm³/mol. The van der Waals surface area contributed by atoms with E-state index < -0.39 is 0 Å². The number of nitrogens with zero attached hydrogens (tertiary/aromatic N) is 1. The zero-order valence-corrected chi connectivity index (χ0v) is 9.88. The Morgan fingerprint density at radius 3 is 2.44 bits per heavy atom. The molecule has 2 heteroatoms. The van der Waals surface area contributed by atoms with Crippen LogP contribution in [0.4, 0.5) is 4.39 Å². The Morgan fingerprint density at radius 2 is 1.61 bits per heavy atom. The zero-order chi connectivity index (χ0) is 12.4. The lowest BCUT2D eigenvalue weighted by Gasteiger charge is -2.02. The summed E-state index contributed by atoms with van der Waals surface area (Å²) < 4.78 is 15.9. The molecule has 0 unspecified atom stereocenters. The molecule has 0 saturated heterocycles. The van der Waals surface area contributed by atoms with Crippen molar-refractivity contribution in [3.8, 4) is 0 Å². The van der Waals surface area contributed by atoms with Crippen molar-refractivity contribution in [2.75, 3.05) is 0 Å². The number of rotatable bonds is 2. The van der Waals surface area contributed by atoms with E-state index in [0.29, 0.717) is 12.1 Å². The third-order valence-corrected chi connectivity index (χ3v) is 3.04. The van der Waals surface area contributed by atoms with Gasteiger partial charge in [0, 0.05) is 17.0 Å². The van der Waals surface area contributed by atoms with Gasteiger partial charge in [0.2, 0.25) is 5.52 Å². The first-order valence-electron chi connectivity index (χ1n) is 5.95. The highest BCUT2D eigenvalue weighted by Gasteiger charge is 2.13. The summed E-state index contributed by atoms with van der Waals surface area (Å²) in [5.41, 5.74) is 1.82. The van der Waals surface area contributed by atoms with Crippen molar-refractivity contribution in [3.63, 3.8) is 0 Å². The molecule has 0 aliphatic rings. The Labute approximate surface area is 105 Å². The van der Waals surface area contributed by atoms with Crippen LogP contribution in [0.3, 0.4) is 0 Å². The number of hydrogen-bond donors (Lipinski definition) is 0. The molecule has 1 nitrogen and oxygen atoms in total. The molecule has 0 amide bonds. The van der Waals surface area contributed by atoms with Crippen molar-refractivity contribution in [3.05, 3.63) is 78.2 Å². The molecule has 3 aromatic rings. The molecule has 0 N–H and O–H groups in total. The van der Waals surface area contributed by atoms with Crippen LogP contribution in [-0.4, -0.2) is 0 Å². The lowest BCUT2D eigenvalue weighted by Crippen LogP contribution is -2.35. The molecule has 0 radical (unpaired) electrons. The van der Waals surface area contributed by atoms with Gasteiger partial charge in [0.25, 0.3) is 0 Å². The van der Waals surface area contributed by atoms with Crippen LogP contribution in [0.15, 0.2) is 66.9 Å². The van der Waals surface area contributed by atoms with Crippen LogP contribution >= 0.6 is 0 Å². The molecule has 0 aliphatic carbocycles. The van der Waals surface area contributed by atoms with Crippen molar-refractivity contribution < 1.29 is 8.96 Å². The normalized spacial score (nSPS) is 10.7. The number of halogens is 1. The second-order valence-corrected chi connectivity index (χ2v) is 4.30. The summed E-state index contributed by atoms with van der Waals surface area (Å²) in [6, 6.07) is 19.1. The predicted octanol–water partition coefficient (Wildman–Crippen LogP) is 3.31. The lowest BCUT2D eigenvalue weighted by molar-refractivity contribution is -0.663.